The first-order valence-electron chi connectivity index (χ1n) is 10.5. The van der Waals surface area contributed by atoms with Gasteiger partial charge >= 0.3 is 6.09 Å². The third-order valence-electron chi connectivity index (χ3n) is 5.36. The van der Waals surface area contributed by atoms with Crippen molar-refractivity contribution in [2.24, 2.45) is 0 Å². The minimum atomic E-state index is -0.894. The third kappa shape index (κ3) is 4.43. The summed E-state index contributed by atoms with van der Waals surface area (Å²) in [4.78, 5) is 22.5. The average molecular weight is 438 g/mol. The van der Waals surface area contributed by atoms with Crippen molar-refractivity contribution in [2.75, 3.05) is 12.0 Å². The van der Waals surface area contributed by atoms with Gasteiger partial charge in [-0.3, -0.25) is 14.6 Å². The van der Waals surface area contributed by atoms with Crippen LogP contribution in [0, 0.1) is 0 Å². The van der Waals surface area contributed by atoms with Crippen LogP contribution in [-0.2, 0) is 17.7 Å². The zero-order chi connectivity index (χ0) is 22.9. The minimum absolute atomic E-state index is 0.000275. The highest BCUT2D eigenvalue weighted by Gasteiger charge is 2.32. The van der Waals surface area contributed by atoms with E-state index in [1.807, 2.05) is 25.3 Å². The first-order valence-corrected chi connectivity index (χ1v) is 10.5. The molecule has 1 N–H and O–H groups in total. The number of amides is 1. The number of carbonyl (C=O) groups excluding carboxylic acids is 1. The predicted molar refractivity (Wildman–Crippen MR) is 119 cm³/mol. The second-order valence-electron chi connectivity index (χ2n) is 8.55. The summed E-state index contributed by atoms with van der Waals surface area (Å²) in [6.45, 7) is 5.82. The van der Waals surface area contributed by atoms with Crippen LogP contribution >= 0.6 is 0 Å². The highest BCUT2D eigenvalue weighted by Crippen LogP contribution is 2.44. The van der Waals surface area contributed by atoms with E-state index in [0.717, 1.165) is 35.2 Å². The van der Waals surface area contributed by atoms with E-state index in [0.29, 0.717) is 18.2 Å². The van der Waals surface area contributed by atoms with E-state index in [1.54, 1.807) is 48.2 Å². The molecule has 0 bridgehead atoms. The smallest absolute Gasteiger partial charge is 0.414 e. The van der Waals surface area contributed by atoms with Crippen molar-refractivity contribution in [3.05, 3.63) is 48.7 Å². The van der Waals surface area contributed by atoms with Crippen molar-refractivity contribution in [1.29, 1.82) is 0 Å². The molecule has 3 aromatic rings. The predicted octanol–water partition coefficient (Wildman–Crippen LogP) is 3.81. The number of rotatable bonds is 5. The Morgan fingerprint density at radius 2 is 2.09 bits per heavy atom. The van der Waals surface area contributed by atoms with E-state index in [4.69, 9.17) is 9.47 Å². The van der Waals surface area contributed by atoms with E-state index >= 15 is 0 Å². The monoisotopic (exact) mass is 437 g/mol. The maximum atomic E-state index is 12.5. The average Bonchev–Trinajstić information content (AvgIpc) is 3.20. The van der Waals surface area contributed by atoms with Gasteiger partial charge in [-0.05, 0) is 45.7 Å². The first kappa shape index (κ1) is 21.8. The molecule has 1 aliphatic rings. The van der Waals surface area contributed by atoms with Crippen LogP contribution in [0.1, 0.15) is 32.8 Å². The summed E-state index contributed by atoms with van der Waals surface area (Å²) in [7, 11) is 1.38. The Morgan fingerprint density at radius 3 is 2.78 bits per heavy atom. The zero-order valence-electron chi connectivity index (χ0n) is 18.6. The summed E-state index contributed by atoms with van der Waals surface area (Å²) in [6.07, 6.45) is 9.38. The van der Waals surface area contributed by atoms with Gasteiger partial charge in [0, 0.05) is 41.3 Å². The molecule has 4 rings (SSSR count). The topological polar surface area (TPSA) is 103 Å². The molecule has 0 radical (unpaired) electrons. The van der Waals surface area contributed by atoms with Crippen LogP contribution in [-0.4, -0.2) is 49.7 Å². The standard InChI is InChI=1S/C23H27N5O4/c1-15-5-6-18-19(28(15)22(29)31-4)8-7-17(21(18)32-20-12-24-9-10-25-20)16-11-26-27(13-16)14-23(2,3)30/h7-13,15,30H,5-6,14H2,1-4H3. The van der Waals surface area contributed by atoms with Crippen LogP contribution in [0.2, 0.25) is 0 Å². The molecule has 2 aromatic heterocycles. The van der Waals surface area contributed by atoms with E-state index in [1.165, 1.54) is 7.11 Å². The fourth-order valence-corrected chi connectivity index (χ4v) is 3.95. The molecule has 3 heterocycles. The lowest BCUT2D eigenvalue weighted by Gasteiger charge is -2.35. The molecular weight excluding hydrogens is 410 g/mol. The summed E-state index contributed by atoms with van der Waals surface area (Å²) in [6, 6.07) is 3.82. The van der Waals surface area contributed by atoms with E-state index in [-0.39, 0.29) is 6.04 Å². The third-order valence-corrected chi connectivity index (χ3v) is 5.36. The molecule has 0 saturated heterocycles. The lowest BCUT2D eigenvalue weighted by atomic mass is 9.92. The Kier molecular flexibility index (Phi) is 5.84. The summed E-state index contributed by atoms with van der Waals surface area (Å²) >= 11 is 0. The largest absolute Gasteiger partial charge is 0.452 e. The second kappa shape index (κ2) is 8.58. The molecule has 1 aromatic carbocycles. The zero-order valence-corrected chi connectivity index (χ0v) is 18.6. The molecule has 1 aliphatic heterocycles. The number of aliphatic hydroxyl groups is 1. The minimum Gasteiger partial charge on any atom is -0.452 e. The molecule has 9 nitrogen and oxygen atoms in total. The number of benzene rings is 1. The van der Waals surface area contributed by atoms with Crippen LogP contribution in [0.25, 0.3) is 11.1 Å². The van der Waals surface area contributed by atoms with Gasteiger partial charge in [-0.2, -0.15) is 5.10 Å². The maximum absolute atomic E-state index is 12.5. The number of hydrogen-bond acceptors (Lipinski definition) is 7. The van der Waals surface area contributed by atoms with Crippen LogP contribution in [0.3, 0.4) is 0 Å². The van der Waals surface area contributed by atoms with Gasteiger partial charge in [0.05, 0.1) is 37.3 Å². The van der Waals surface area contributed by atoms with E-state index in [2.05, 4.69) is 15.1 Å². The summed E-state index contributed by atoms with van der Waals surface area (Å²) in [5.74, 6) is 0.959. The number of fused-ring (bicyclic) bond motifs is 1. The van der Waals surface area contributed by atoms with E-state index in [9.17, 15) is 9.90 Å². The van der Waals surface area contributed by atoms with Crippen molar-refractivity contribution < 1.29 is 19.4 Å². The molecule has 0 saturated carbocycles. The van der Waals surface area contributed by atoms with Gasteiger partial charge in [0.25, 0.3) is 0 Å². The SMILES string of the molecule is COC(=O)N1c2ccc(-c3cnn(CC(C)(C)O)c3)c(Oc3cnccn3)c2CCC1C. The van der Waals surface area contributed by atoms with Crippen LogP contribution in [0.4, 0.5) is 10.5 Å². The maximum Gasteiger partial charge on any atom is 0.414 e. The molecule has 1 atom stereocenters. The number of methoxy groups -OCH3 is 1. The number of ether oxygens (including phenoxy) is 2. The van der Waals surface area contributed by atoms with Gasteiger partial charge < -0.3 is 14.6 Å². The molecule has 0 spiro atoms. The molecule has 0 aliphatic carbocycles. The lowest BCUT2D eigenvalue weighted by molar-refractivity contribution is 0.0577. The Hall–Kier alpha value is -3.46. The fraction of sp³-hybridized carbons (Fsp3) is 0.391. The molecule has 0 fully saturated rings. The summed E-state index contributed by atoms with van der Waals surface area (Å²) < 4.78 is 13.0. The van der Waals surface area contributed by atoms with Crippen molar-refractivity contribution in [3.8, 4) is 22.8 Å². The molecular formula is C23H27N5O4. The first-order chi connectivity index (χ1) is 15.3. The number of hydrogen-bond donors (Lipinski definition) is 1. The van der Waals surface area contributed by atoms with Crippen molar-refractivity contribution in [3.63, 3.8) is 0 Å². The van der Waals surface area contributed by atoms with Crippen LogP contribution in [0.15, 0.2) is 43.1 Å². The van der Waals surface area contributed by atoms with Gasteiger partial charge in [0.2, 0.25) is 5.88 Å². The van der Waals surface area contributed by atoms with Gasteiger partial charge in [-0.25, -0.2) is 9.78 Å². The Morgan fingerprint density at radius 1 is 1.28 bits per heavy atom. The molecule has 1 amide bonds. The summed E-state index contributed by atoms with van der Waals surface area (Å²) in [5.41, 5.74) is 2.40. The lowest BCUT2D eigenvalue weighted by Crippen LogP contribution is -2.42. The Bertz CT molecular complexity index is 1110. The molecule has 168 valence electrons. The fourth-order valence-electron chi connectivity index (χ4n) is 3.95. The van der Waals surface area contributed by atoms with Crippen LogP contribution < -0.4 is 9.64 Å². The quantitative estimate of drug-likeness (QED) is 0.647. The van der Waals surface area contributed by atoms with Gasteiger partial charge in [0.15, 0.2) is 0 Å². The molecule has 9 heteroatoms. The van der Waals surface area contributed by atoms with Gasteiger partial charge in [0.1, 0.15) is 5.75 Å². The molecule has 1 unspecified atom stereocenters. The summed E-state index contributed by atoms with van der Waals surface area (Å²) in [5, 5.41) is 14.5. The highest BCUT2D eigenvalue weighted by molar-refractivity contribution is 5.92. The highest BCUT2D eigenvalue weighted by atomic mass is 16.5. The van der Waals surface area contributed by atoms with E-state index < -0.39 is 11.7 Å². The normalized spacial score (nSPS) is 15.9. The van der Waals surface area contributed by atoms with Crippen molar-refractivity contribution in [2.45, 2.75) is 51.8 Å². The van der Waals surface area contributed by atoms with Gasteiger partial charge in [-0.15, -0.1) is 0 Å². The van der Waals surface area contributed by atoms with Gasteiger partial charge in [-0.1, -0.05) is 0 Å². The number of carbonyl (C=O) groups is 1. The van der Waals surface area contributed by atoms with Crippen LogP contribution in [0.5, 0.6) is 11.6 Å². The Balaban J connectivity index is 1.83. The number of nitrogens with zero attached hydrogens (tertiary/aromatic N) is 5. The van der Waals surface area contributed by atoms with Crippen molar-refractivity contribution >= 4 is 11.8 Å². The van der Waals surface area contributed by atoms with Crippen molar-refractivity contribution in [1.82, 2.24) is 19.7 Å². The molecule has 32 heavy (non-hydrogen) atoms. The Labute approximate surface area is 186 Å². The number of anilines is 1. The second-order valence-corrected chi connectivity index (χ2v) is 8.55. The number of aromatic nitrogens is 4.